The lowest BCUT2D eigenvalue weighted by Crippen LogP contribution is -2.39. The van der Waals surface area contributed by atoms with Gasteiger partial charge < -0.3 is 4.74 Å². The standard InChI is InChI=1S/C18H23ClO/c1-6-13-7-8-16(15(19)9-13)20-14-10-17(2,3)12-18(4,5)11-14/h1,7-9,14H,10-12H2,2-5H3. The molecule has 2 rings (SSSR count). The second-order valence-electron chi connectivity index (χ2n) is 7.44. The molecule has 0 saturated heterocycles. The van der Waals surface area contributed by atoms with Gasteiger partial charge in [-0.3, -0.25) is 0 Å². The molecule has 1 fully saturated rings. The molecule has 0 heterocycles. The molecule has 1 aromatic rings. The van der Waals surface area contributed by atoms with Crippen LogP contribution in [-0.4, -0.2) is 6.10 Å². The Morgan fingerprint density at radius 1 is 1.20 bits per heavy atom. The van der Waals surface area contributed by atoms with Crippen molar-refractivity contribution in [1.82, 2.24) is 0 Å². The number of hydrogen-bond donors (Lipinski definition) is 0. The number of rotatable bonds is 2. The average Bonchev–Trinajstić information content (AvgIpc) is 2.27. The maximum atomic E-state index is 6.25. The van der Waals surface area contributed by atoms with Crippen LogP contribution < -0.4 is 4.74 Å². The summed E-state index contributed by atoms with van der Waals surface area (Å²) in [5.74, 6) is 3.32. The van der Waals surface area contributed by atoms with Crippen LogP contribution in [0.4, 0.5) is 0 Å². The zero-order chi connectivity index (χ0) is 15.0. The first-order valence-electron chi connectivity index (χ1n) is 7.14. The summed E-state index contributed by atoms with van der Waals surface area (Å²) in [5, 5.41) is 0.599. The normalized spacial score (nSPS) is 21.2. The highest BCUT2D eigenvalue weighted by Crippen LogP contribution is 2.47. The van der Waals surface area contributed by atoms with Crippen LogP contribution in [0.15, 0.2) is 18.2 Å². The van der Waals surface area contributed by atoms with Gasteiger partial charge in [0.1, 0.15) is 5.75 Å². The zero-order valence-corrected chi connectivity index (χ0v) is 13.6. The molecule has 0 radical (unpaired) electrons. The van der Waals surface area contributed by atoms with Crippen molar-refractivity contribution >= 4 is 11.6 Å². The third-order valence-electron chi connectivity index (χ3n) is 3.91. The van der Waals surface area contributed by atoms with E-state index in [1.807, 2.05) is 12.1 Å². The molecule has 1 saturated carbocycles. The van der Waals surface area contributed by atoms with Gasteiger partial charge in [-0.25, -0.2) is 0 Å². The van der Waals surface area contributed by atoms with E-state index in [9.17, 15) is 0 Å². The summed E-state index contributed by atoms with van der Waals surface area (Å²) in [6.45, 7) is 9.25. The number of halogens is 1. The maximum absolute atomic E-state index is 6.25. The maximum Gasteiger partial charge on any atom is 0.138 e. The molecule has 108 valence electrons. The van der Waals surface area contributed by atoms with E-state index in [2.05, 4.69) is 33.6 Å². The summed E-state index contributed by atoms with van der Waals surface area (Å²) in [5.41, 5.74) is 1.39. The van der Waals surface area contributed by atoms with Crippen molar-refractivity contribution in [2.75, 3.05) is 0 Å². The SMILES string of the molecule is C#Cc1ccc(OC2CC(C)(C)CC(C)(C)C2)c(Cl)c1. The Hall–Kier alpha value is -1.13. The van der Waals surface area contributed by atoms with E-state index >= 15 is 0 Å². The van der Waals surface area contributed by atoms with E-state index in [1.54, 1.807) is 6.07 Å². The zero-order valence-electron chi connectivity index (χ0n) is 12.8. The number of ether oxygens (including phenoxy) is 1. The number of benzene rings is 1. The van der Waals surface area contributed by atoms with Gasteiger partial charge in [0.05, 0.1) is 11.1 Å². The van der Waals surface area contributed by atoms with Gasteiger partial charge in [-0.1, -0.05) is 45.2 Å². The van der Waals surface area contributed by atoms with Crippen molar-refractivity contribution in [3.8, 4) is 18.1 Å². The van der Waals surface area contributed by atoms with Crippen LogP contribution in [0.1, 0.15) is 52.5 Å². The molecule has 2 heteroatoms. The van der Waals surface area contributed by atoms with Crippen molar-refractivity contribution in [3.63, 3.8) is 0 Å². The first-order valence-corrected chi connectivity index (χ1v) is 7.51. The van der Waals surface area contributed by atoms with Crippen LogP contribution in [0.2, 0.25) is 5.02 Å². The molecular weight excluding hydrogens is 268 g/mol. The van der Waals surface area contributed by atoms with E-state index in [-0.39, 0.29) is 6.10 Å². The molecule has 0 amide bonds. The summed E-state index contributed by atoms with van der Waals surface area (Å²) in [4.78, 5) is 0. The van der Waals surface area contributed by atoms with Crippen molar-refractivity contribution in [3.05, 3.63) is 28.8 Å². The summed E-state index contributed by atoms with van der Waals surface area (Å²) >= 11 is 6.25. The smallest absolute Gasteiger partial charge is 0.138 e. The minimum absolute atomic E-state index is 0.211. The van der Waals surface area contributed by atoms with Crippen LogP contribution >= 0.6 is 11.6 Å². The highest BCUT2D eigenvalue weighted by atomic mass is 35.5. The van der Waals surface area contributed by atoms with Gasteiger partial charge in [-0.2, -0.15) is 0 Å². The van der Waals surface area contributed by atoms with Gasteiger partial charge in [0.2, 0.25) is 0 Å². The van der Waals surface area contributed by atoms with Gasteiger partial charge in [-0.15, -0.1) is 6.42 Å². The second kappa shape index (κ2) is 5.34. The Morgan fingerprint density at radius 2 is 1.80 bits per heavy atom. The Kier molecular flexibility index (Phi) is 4.07. The largest absolute Gasteiger partial charge is 0.489 e. The van der Waals surface area contributed by atoms with Crippen molar-refractivity contribution in [2.24, 2.45) is 10.8 Å². The minimum atomic E-state index is 0.211. The first kappa shape index (κ1) is 15.3. The number of hydrogen-bond acceptors (Lipinski definition) is 1. The van der Waals surface area contributed by atoms with Gasteiger partial charge >= 0.3 is 0 Å². The Bertz CT molecular complexity index is 521. The van der Waals surface area contributed by atoms with Crippen LogP contribution in [0.25, 0.3) is 0 Å². The predicted molar refractivity (Wildman–Crippen MR) is 85.2 cm³/mol. The molecule has 0 atom stereocenters. The molecule has 0 bridgehead atoms. The topological polar surface area (TPSA) is 9.23 Å². The van der Waals surface area contributed by atoms with Gasteiger partial charge in [0, 0.05) is 5.56 Å². The lowest BCUT2D eigenvalue weighted by atomic mass is 9.64. The molecule has 1 aromatic carbocycles. The minimum Gasteiger partial charge on any atom is -0.489 e. The van der Waals surface area contributed by atoms with Crippen molar-refractivity contribution in [2.45, 2.75) is 53.1 Å². The highest BCUT2D eigenvalue weighted by molar-refractivity contribution is 6.32. The molecule has 0 aliphatic heterocycles. The summed E-state index contributed by atoms with van der Waals surface area (Å²) in [7, 11) is 0. The summed E-state index contributed by atoms with van der Waals surface area (Å²) in [6, 6.07) is 5.54. The monoisotopic (exact) mass is 290 g/mol. The van der Waals surface area contributed by atoms with Gasteiger partial charge in [0.15, 0.2) is 0 Å². The van der Waals surface area contributed by atoms with E-state index in [0.717, 1.165) is 24.2 Å². The fourth-order valence-corrected chi connectivity index (χ4v) is 3.92. The Morgan fingerprint density at radius 3 is 2.30 bits per heavy atom. The Balaban J connectivity index is 2.16. The highest BCUT2D eigenvalue weighted by Gasteiger charge is 2.39. The van der Waals surface area contributed by atoms with Crippen LogP contribution in [0, 0.1) is 23.2 Å². The van der Waals surface area contributed by atoms with Gasteiger partial charge in [0.25, 0.3) is 0 Å². The van der Waals surface area contributed by atoms with Gasteiger partial charge in [-0.05, 0) is 48.3 Å². The predicted octanol–water partition coefficient (Wildman–Crippen LogP) is 5.31. The second-order valence-corrected chi connectivity index (χ2v) is 7.85. The molecule has 0 N–H and O–H groups in total. The van der Waals surface area contributed by atoms with Crippen LogP contribution in [-0.2, 0) is 0 Å². The van der Waals surface area contributed by atoms with E-state index < -0.39 is 0 Å². The van der Waals surface area contributed by atoms with Crippen molar-refractivity contribution in [1.29, 1.82) is 0 Å². The molecule has 1 aliphatic carbocycles. The summed E-state index contributed by atoms with van der Waals surface area (Å²) in [6.07, 6.45) is 8.93. The molecule has 20 heavy (non-hydrogen) atoms. The van der Waals surface area contributed by atoms with E-state index in [4.69, 9.17) is 22.8 Å². The number of terminal acetylenes is 1. The fraction of sp³-hybridized carbons (Fsp3) is 0.556. The quantitative estimate of drug-likeness (QED) is 0.671. The van der Waals surface area contributed by atoms with Crippen molar-refractivity contribution < 1.29 is 4.74 Å². The molecule has 1 nitrogen and oxygen atoms in total. The molecule has 1 aliphatic rings. The lowest BCUT2D eigenvalue weighted by molar-refractivity contribution is 0.0134. The third-order valence-corrected chi connectivity index (χ3v) is 4.21. The van der Waals surface area contributed by atoms with Crippen LogP contribution in [0.5, 0.6) is 5.75 Å². The molecule has 0 unspecified atom stereocenters. The lowest BCUT2D eigenvalue weighted by Gasteiger charge is -2.44. The fourth-order valence-electron chi connectivity index (χ4n) is 3.69. The molecule has 0 spiro atoms. The first-order chi connectivity index (χ1) is 9.21. The Labute approximate surface area is 127 Å². The van der Waals surface area contributed by atoms with E-state index in [1.165, 1.54) is 6.42 Å². The van der Waals surface area contributed by atoms with Crippen LogP contribution in [0.3, 0.4) is 0 Å². The molecule has 0 aromatic heterocycles. The summed E-state index contributed by atoms with van der Waals surface area (Å²) < 4.78 is 6.16. The third kappa shape index (κ3) is 3.70. The molecular formula is C18H23ClO. The van der Waals surface area contributed by atoms with E-state index in [0.29, 0.717) is 15.9 Å². The average molecular weight is 291 g/mol.